The van der Waals surface area contributed by atoms with Crippen molar-refractivity contribution >= 4 is 22.4 Å². The summed E-state index contributed by atoms with van der Waals surface area (Å²) in [4.78, 5) is 2.56. The maximum Gasteiger partial charge on any atom is 0.109 e. The highest BCUT2D eigenvalue weighted by Gasteiger charge is 2.35. The van der Waals surface area contributed by atoms with Gasteiger partial charge in [0.25, 0.3) is 0 Å². The van der Waals surface area contributed by atoms with E-state index in [1.807, 2.05) is 0 Å². The number of fused-ring (bicyclic) bond motifs is 3. The van der Waals surface area contributed by atoms with Crippen LogP contribution in [0.25, 0.3) is 16.6 Å². The summed E-state index contributed by atoms with van der Waals surface area (Å²) >= 11 is 0. The number of hydrogen-bond donors (Lipinski definition) is 1. The lowest BCUT2D eigenvalue weighted by atomic mass is 9.89. The molecule has 0 bridgehead atoms. The monoisotopic (exact) mass is 263 g/mol. The Bertz CT molecular complexity index is 794. The van der Waals surface area contributed by atoms with E-state index in [9.17, 15) is 0 Å². The fraction of sp³-hybridized carbons (Fsp3) is 0.353. The highest BCUT2D eigenvalue weighted by molar-refractivity contribution is 6.04. The zero-order valence-corrected chi connectivity index (χ0v) is 11.4. The van der Waals surface area contributed by atoms with Crippen molar-refractivity contribution in [1.29, 1.82) is 5.41 Å². The van der Waals surface area contributed by atoms with E-state index in [-0.39, 0.29) is 0 Å². The Morgan fingerprint density at radius 2 is 1.95 bits per heavy atom. The van der Waals surface area contributed by atoms with Gasteiger partial charge in [-0.25, -0.2) is 0 Å². The summed E-state index contributed by atoms with van der Waals surface area (Å²) in [5, 5.41) is 9.84. The number of benzene rings is 1. The molecule has 2 aromatic rings. The minimum Gasteiger partial charge on any atom is -0.370 e. The van der Waals surface area contributed by atoms with Crippen molar-refractivity contribution in [3.8, 4) is 0 Å². The Morgan fingerprint density at radius 3 is 2.90 bits per heavy atom. The average molecular weight is 263 g/mol. The topological polar surface area (TPSA) is 32.0 Å². The molecule has 5 rings (SSSR count). The van der Waals surface area contributed by atoms with Crippen molar-refractivity contribution in [2.45, 2.75) is 25.7 Å². The first-order valence-electron chi connectivity index (χ1n) is 7.52. The lowest BCUT2D eigenvalue weighted by Gasteiger charge is -2.40. The Balaban J connectivity index is 1.96. The Hall–Kier alpha value is -2.03. The zero-order chi connectivity index (χ0) is 13.3. The highest BCUT2D eigenvalue weighted by Crippen LogP contribution is 2.44. The van der Waals surface area contributed by atoms with E-state index in [2.05, 4.69) is 33.7 Å². The van der Waals surface area contributed by atoms with Crippen LogP contribution >= 0.6 is 0 Å². The molecule has 3 nitrogen and oxygen atoms in total. The second kappa shape index (κ2) is 3.54. The molecule has 100 valence electrons. The van der Waals surface area contributed by atoms with Crippen LogP contribution in [0, 0.1) is 5.41 Å². The molecule has 0 amide bonds. The molecule has 3 aliphatic heterocycles. The van der Waals surface area contributed by atoms with Crippen molar-refractivity contribution in [3.63, 3.8) is 0 Å². The van der Waals surface area contributed by atoms with Crippen LogP contribution in [0.5, 0.6) is 0 Å². The predicted molar refractivity (Wildman–Crippen MR) is 81.1 cm³/mol. The van der Waals surface area contributed by atoms with Gasteiger partial charge >= 0.3 is 0 Å². The Morgan fingerprint density at radius 1 is 1.05 bits per heavy atom. The molecule has 1 aromatic carbocycles. The molecule has 1 aromatic heterocycles. The minimum atomic E-state index is 0.755. The van der Waals surface area contributed by atoms with Crippen LogP contribution in [0.1, 0.15) is 30.5 Å². The average Bonchev–Trinajstić information content (AvgIpc) is 2.82. The van der Waals surface area contributed by atoms with E-state index < -0.39 is 0 Å². The molecule has 4 heterocycles. The van der Waals surface area contributed by atoms with E-state index in [1.54, 1.807) is 0 Å². The molecule has 0 unspecified atom stereocenters. The van der Waals surface area contributed by atoms with Crippen LogP contribution in [-0.4, -0.2) is 28.4 Å². The second-order valence-electron chi connectivity index (χ2n) is 6.10. The van der Waals surface area contributed by atoms with Crippen LogP contribution in [0.3, 0.4) is 0 Å². The van der Waals surface area contributed by atoms with Gasteiger partial charge < -0.3 is 4.90 Å². The van der Waals surface area contributed by atoms with Crippen molar-refractivity contribution in [2.75, 3.05) is 13.1 Å². The fourth-order valence-electron chi connectivity index (χ4n) is 4.27. The summed E-state index contributed by atoms with van der Waals surface area (Å²) in [7, 11) is 0. The SMILES string of the molecule is N=C1CC2=C3c4c(c5ccccc5n41)CCN3CCC2. The third kappa shape index (κ3) is 1.14. The van der Waals surface area contributed by atoms with Gasteiger partial charge in [0, 0.05) is 24.9 Å². The molecule has 20 heavy (non-hydrogen) atoms. The summed E-state index contributed by atoms with van der Waals surface area (Å²) in [5.41, 5.74) is 6.99. The summed E-state index contributed by atoms with van der Waals surface area (Å²) in [6, 6.07) is 8.60. The van der Waals surface area contributed by atoms with Crippen LogP contribution in [0.15, 0.2) is 29.8 Å². The molecule has 0 spiro atoms. The van der Waals surface area contributed by atoms with Gasteiger partial charge in [-0.2, -0.15) is 0 Å². The predicted octanol–water partition coefficient (Wildman–Crippen LogP) is 3.23. The molecule has 0 fully saturated rings. The minimum absolute atomic E-state index is 0.755. The lowest BCUT2D eigenvalue weighted by Crippen LogP contribution is -2.38. The third-order valence-corrected chi connectivity index (χ3v) is 5.04. The number of para-hydroxylation sites is 1. The number of nitrogens with one attached hydrogen (secondary N) is 1. The van der Waals surface area contributed by atoms with Gasteiger partial charge in [-0.05, 0) is 36.5 Å². The van der Waals surface area contributed by atoms with Crippen LogP contribution in [0.2, 0.25) is 0 Å². The third-order valence-electron chi connectivity index (χ3n) is 5.04. The van der Waals surface area contributed by atoms with Crippen molar-refractivity contribution in [1.82, 2.24) is 9.47 Å². The number of nitrogens with zero attached hydrogens (tertiary/aromatic N) is 2. The summed E-state index contributed by atoms with van der Waals surface area (Å²) in [6.07, 6.45) is 4.38. The van der Waals surface area contributed by atoms with Crippen LogP contribution in [-0.2, 0) is 6.42 Å². The highest BCUT2D eigenvalue weighted by atomic mass is 15.2. The molecule has 3 heteroatoms. The molecule has 0 aliphatic carbocycles. The van der Waals surface area contributed by atoms with E-state index in [4.69, 9.17) is 5.41 Å². The number of aromatic nitrogens is 1. The van der Waals surface area contributed by atoms with Gasteiger partial charge in [0.15, 0.2) is 0 Å². The van der Waals surface area contributed by atoms with Crippen LogP contribution < -0.4 is 0 Å². The molecule has 0 radical (unpaired) electrons. The van der Waals surface area contributed by atoms with E-state index in [1.165, 1.54) is 52.8 Å². The number of hydrogen-bond acceptors (Lipinski definition) is 2. The summed E-state index contributed by atoms with van der Waals surface area (Å²) < 4.78 is 2.21. The van der Waals surface area contributed by atoms with Gasteiger partial charge in [0.2, 0.25) is 0 Å². The molecular weight excluding hydrogens is 246 g/mol. The molecule has 1 N–H and O–H groups in total. The second-order valence-corrected chi connectivity index (χ2v) is 6.10. The molecular formula is C17H17N3. The van der Waals surface area contributed by atoms with E-state index in [0.29, 0.717) is 0 Å². The first-order valence-corrected chi connectivity index (χ1v) is 7.52. The summed E-state index contributed by atoms with van der Waals surface area (Å²) in [6.45, 7) is 2.33. The van der Waals surface area contributed by atoms with Gasteiger partial charge in [0.1, 0.15) is 5.84 Å². The maximum absolute atomic E-state index is 8.49. The largest absolute Gasteiger partial charge is 0.370 e. The zero-order valence-electron chi connectivity index (χ0n) is 11.4. The molecule has 3 aliphatic rings. The number of rotatable bonds is 0. The van der Waals surface area contributed by atoms with Gasteiger partial charge in [-0.3, -0.25) is 9.98 Å². The molecule has 0 saturated carbocycles. The van der Waals surface area contributed by atoms with Gasteiger partial charge in [-0.1, -0.05) is 18.2 Å². The van der Waals surface area contributed by atoms with E-state index >= 15 is 0 Å². The standard InChI is InChI=1S/C17H17N3/c18-15-10-11-4-3-8-19-9-7-13-12-5-1-2-6-14(12)20(15)17(13)16(11)19/h1-2,5-6,18H,3-4,7-10H2. The normalized spacial score (nSPS) is 20.6. The quantitative estimate of drug-likeness (QED) is 0.777. The molecule has 0 saturated heterocycles. The Kier molecular flexibility index (Phi) is 1.90. The van der Waals surface area contributed by atoms with Crippen molar-refractivity contribution < 1.29 is 0 Å². The van der Waals surface area contributed by atoms with Gasteiger partial charge in [-0.15, -0.1) is 0 Å². The summed E-state index contributed by atoms with van der Waals surface area (Å²) in [5.74, 6) is 0.755. The van der Waals surface area contributed by atoms with Gasteiger partial charge in [0.05, 0.1) is 16.9 Å². The maximum atomic E-state index is 8.49. The van der Waals surface area contributed by atoms with Crippen molar-refractivity contribution in [3.05, 3.63) is 41.1 Å². The van der Waals surface area contributed by atoms with E-state index in [0.717, 1.165) is 25.2 Å². The number of allylic oxidation sites excluding steroid dienone is 1. The lowest BCUT2D eigenvalue weighted by molar-refractivity contribution is 0.359. The first-order chi connectivity index (χ1) is 9.84. The Labute approximate surface area is 118 Å². The first kappa shape index (κ1) is 10.7. The van der Waals surface area contributed by atoms with Crippen molar-refractivity contribution in [2.24, 2.45) is 0 Å². The smallest absolute Gasteiger partial charge is 0.109 e. The van der Waals surface area contributed by atoms with Crippen LogP contribution in [0.4, 0.5) is 0 Å². The fourth-order valence-corrected chi connectivity index (χ4v) is 4.27. The molecule has 0 atom stereocenters.